The van der Waals surface area contributed by atoms with Crippen molar-refractivity contribution >= 4 is 61.7 Å². The lowest BCUT2D eigenvalue weighted by atomic mass is 10.1. The van der Waals surface area contributed by atoms with Crippen molar-refractivity contribution in [2.24, 2.45) is 0 Å². The van der Waals surface area contributed by atoms with Crippen molar-refractivity contribution < 1.29 is 4.79 Å². The minimum atomic E-state index is -0.177. The Hall–Kier alpha value is -2.68. The number of nitrogens with one attached hydrogen (secondary N) is 2. The molecule has 2 N–H and O–H groups in total. The number of fused-ring (bicyclic) bond motifs is 3. The summed E-state index contributed by atoms with van der Waals surface area (Å²) in [6, 6.07) is 7.67. The molecule has 3 aromatic heterocycles. The van der Waals surface area contributed by atoms with Gasteiger partial charge in [-0.1, -0.05) is 0 Å². The highest BCUT2D eigenvalue weighted by Gasteiger charge is 2.20. The second-order valence-electron chi connectivity index (χ2n) is 6.54. The van der Waals surface area contributed by atoms with E-state index in [1.54, 1.807) is 30.7 Å². The normalized spacial score (nSPS) is 11.1. The van der Waals surface area contributed by atoms with E-state index >= 15 is 0 Å². The standard InChI is InChI=1S/C20H18IN5O/c1-11-12(5-4-7-23-11)20(27)25-18-17-14(9-15(21)19(18)26(2)3)13-6-8-22-10-16(13)24-17/h4-10,24H,1-3H3,(H,25,27). The van der Waals surface area contributed by atoms with Crippen LogP contribution in [0.3, 0.4) is 0 Å². The van der Waals surface area contributed by atoms with Gasteiger partial charge in [0, 0.05) is 46.5 Å². The van der Waals surface area contributed by atoms with Crippen LogP contribution < -0.4 is 10.2 Å². The largest absolute Gasteiger partial charge is 0.375 e. The minimum Gasteiger partial charge on any atom is -0.375 e. The highest BCUT2D eigenvalue weighted by molar-refractivity contribution is 14.1. The molecule has 0 radical (unpaired) electrons. The maximum atomic E-state index is 13.0. The zero-order chi connectivity index (χ0) is 19.1. The second-order valence-corrected chi connectivity index (χ2v) is 7.70. The summed E-state index contributed by atoms with van der Waals surface area (Å²) in [6.45, 7) is 1.83. The molecule has 0 aliphatic heterocycles. The van der Waals surface area contributed by atoms with E-state index in [2.05, 4.69) is 48.9 Å². The third-order valence-electron chi connectivity index (χ3n) is 4.56. The summed E-state index contributed by atoms with van der Waals surface area (Å²) >= 11 is 2.31. The van der Waals surface area contributed by atoms with Crippen LogP contribution in [0.4, 0.5) is 11.4 Å². The quantitative estimate of drug-likeness (QED) is 0.436. The van der Waals surface area contributed by atoms with Gasteiger partial charge in [0.15, 0.2) is 0 Å². The van der Waals surface area contributed by atoms with E-state index in [4.69, 9.17) is 0 Å². The molecule has 0 spiro atoms. The van der Waals surface area contributed by atoms with Gasteiger partial charge in [-0.25, -0.2) is 0 Å². The average Bonchev–Trinajstić information content (AvgIpc) is 3.00. The first kappa shape index (κ1) is 17.7. The predicted molar refractivity (Wildman–Crippen MR) is 118 cm³/mol. The van der Waals surface area contributed by atoms with Crippen molar-refractivity contribution in [2.45, 2.75) is 6.92 Å². The average molecular weight is 471 g/mol. The van der Waals surface area contributed by atoms with Gasteiger partial charge in [0.25, 0.3) is 5.91 Å². The number of pyridine rings is 2. The summed E-state index contributed by atoms with van der Waals surface area (Å²) in [5, 5.41) is 5.25. The minimum absolute atomic E-state index is 0.177. The molecule has 0 bridgehead atoms. The van der Waals surface area contributed by atoms with Gasteiger partial charge in [0.2, 0.25) is 0 Å². The third kappa shape index (κ3) is 3.01. The summed E-state index contributed by atoms with van der Waals surface area (Å²) in [7, 11) is 3.94. The number of anilines is 2. The number of amides is 1. The first-order valence-corrected chi connectivity index (χ1v) is 9.53. The molecule has 0 aliphatic carbocycles. The highest BCUT2D eigenvalue weighted by atomic mass is 127. The number of aryl methyl sites for hydroxylation is 1. The number of carbonyl (C=O) groups is 1. The maximum absolute atomic E-state index is 13.0. The molecular formula is C20H18IN5O. The molecular weight excluding hydrogens is 453 g/mol. The number of hydrogen-bond donors (Lipinski definition) is 2. The van der Waals surface area contributed by atoms with Crippen LogP contribution in [0.15, 0.2) is 42.9 Å². The zero-order valence-electron chi connectivity index (χ0n) is 15.2. The number of benzene rings is 1. The Kier molecular flexibility index (Phi) is 4.47. The Labute approximate surface area is 170 Å². The van der Waals surface area contributed by atoms with Crippen LogP contribution in [-0.4, -0.2) is 35.0 Å². The van der Waals surface area contributed by atoms with Crippen LogP contribution in [0.2, 0.25) is 0 Å². The van der Waals surface area contributed by atoms with Crippen molar-refractivity contribution in [3.05, 3.63) is 57.7 Å². The lowest BCUT2D eigenvalue weighted by molar-refractivity contribution is 0.102. The van der Waals surface area contributed by atoms with E-state index in [0.29, 0.717) is 11.3 Å². The first-order valence-electron chi connectivity index (χ1n) is 8.45. The topological polar surface area (TPSA) is 73.9 Å². The molecule has 0 fully saturated rings. The van der Waals surface area contributed by atoms with E-state index in [1.807, 2.05) is 32.0 Å². The first-order chi connectivity index (χ1) is 13.0. The smallest absolute Gasteiger partial charge is 0.257 e. The van der Waals surface area contributed by atoms with E-state index in [0.717, 1.165) is 36.8 Å². The van der Waals surface area contributed by atoms with Gasteiger partial charge in [0.1, 0.15) is 0 Å². The predicted octanol–water partition coefficient (Wildman–Crippen LogP) is 4.34. The van der Waals surface area contributed by atoms with Gasteiger partial charge in [0.05, 0.1) is 34.2 Å². The van der Waals surface area contributed by atoms with Gasteiger partial charge in [-0.2, -0.15) is 0 Å². The Morgan fingerprint density at radius 3 is 2.78 bits per heavy atom. The van der Waals surface area contributed by atoms with Crippen molar-refractivity contribution in [2.75, 3.05) is 24.3 Å². The number of aromatic nitrogens is 3. The van der Waals surface area contributed by atoms with E-state index in [9.17, 15) is 4.79 Å². The lowest BCUT2D eigenvalue weighted by Crippen LogP contribution is -2.19. The van der Waals surface area contributed by atoms with E-state index in [1.165, 1.54) is 0 Å². The number of nitrogens with zero attached hydrogens (tertiary/aromatic N) is 3. The molecule has 136 valence electrons. The molecule has 1 aromatic carbocycles. The molecule has 6 nitrogen and oxygen atoms in total. The van der Waals surface area contributed by atoms with Gasteiger partial charge in [-0.15, -0.1) is 0 Å². The number of H-pyrrole nitrogens is 1. The van der Waals surface area contributed by atoms with Crippen LogP contribution in [0.5, 0.6) is 0 Å². The van der Waals surface area contributed by atoms with Gasteiger partial charge in [-0.3, -0.25) is 14.8 Å². The second kappa shape index (κ2) is 6.80. The number of carbonyl (C=O) groups excluding carboxylic acids is 1. The Bertz CT molecular complexity index is 1180. The van der Waals surface area contributed by atoms with Crippen LogP contribution >= 0.6 is 22.6 Å². The zero-order valence-corrected chi connectivity index (χ0v) is 17.3. The van der Waals surface area contributed by atoms with Crippen molar-refractivity contribution in [3.63, 3.8) is 0 Å². The number of rotatable bonds is 3. The summed E-state index contributed by atoms with van der Waals surface area (Å²) < 4.78 is 1.06. The van der Waals surface area contributed by atoms with Gasteiger partial charge < -0.3 is 15.2 Å². The molecule has 0 unspecified atom stereocenters. The summed E-state index contributed by atoms with van der Waals surface area (Å²) in [6.07, 6.45) is 5.26. The van der Waals surface area contributed by atoms with Gasteiger partial charge >= 0.3 is 0 Å². The molecule has 0 saturated heterocycles. The Morgan fingerprint density at radius 1 is 1.22 bits per heavy atom. The van der Waals surface area contributed by atoms with Crippen molar-refractivity contribution in [1.29, 1.82) is 0 Å². The molecule has 27 heavy (non-hydrogen) atoms. The van der Waals surface area contributed by atoms with Crippen LogP contribution in [0, 0.1) is 10.5 Å². The molecule has 7 heteroatoms. The summed E-state index contributed by atoms with van der Waals surface area (Å²) in [5.74, 6) is -0.177. The molecule has 1 amide bonds. The fourth-order valence-corrected chi connectivity index (χ4v) is 4.37. The highest BCUT2D eigenvalue weighted by Crippen LogP contribution is 2.40. The van der Waals surface area contributed by atoms with E-state index < -0.39 is 0 Å². The van der Waals surface area contributed by atoms with Crippen LogP contribution in [-0.2, 0) is 0 Å². The SMILES string of the molecule is Cc1ncccc1C(=O)Nc1c(N(C)C)c(I)cc2c1[nH]c1cnccc12. The van der Waals surface area contributed by atoms with Crippen LogP contribution in [0.25, 0.3) is 21.8 Å². The number of hydrogen-bond acceptors (Lipinski definition) is 4. The fraction of sp³-hybridized carbons (Fsp3) is 0.150. The molecule has 0 atom stereocenters. The number of halogens is 1. The lowest BCUT2D eigenvalue weighted by Gasteiger charge is -2.21. The van der Waals surface area contributed by atoms with Crippen LogP contribution in [0.1, 0.15) is 16.1 Å². The van der Waals surface area contributed by atoms with E-state index in [-0.39, 0.29) is 5.91 Å². The van der Waals surface area contributed by atoms with Gasteiger partial charge in [-0.05, 0) is 53.8 Å². The molecule has 0 saturated carbocycles. The molecule has 0 aliphatic rings. The third-order valence-corrected chi connectivity index (χ3v) is 5.38. The number of aromatic amines is 1. The summed E-state index contributed by atoms with van der Waals surface area (Å²) in [4.78, 5) is 26.8. The monoisotopic (exact) mass is 471 g/mol. The fourth-order valence-electron chi connectivity index (χ4n) is 3.31. The molecule has 4 rings (SSSR count). The molecule has 4 aromatic rings. The Balaban J connectivity index is 1.95. The van der Waals surface area contributed by atoms with Crippen molar-refractivity contribution in [1.82, 2.24) is 15.0 Å². The Morgan fingerprint density at radius 2 is 2.04 bits per heavy atom. The summed E-state index contributed by atoms with van der Waals surface area (Å²) in [5.41, 5.74) is 4.80. The van der Waals surface area contributed by atoms with Crippen molar-refractivity contribution in [3.8, 4) is 0 Å². The maximum Gasteiger partial charge on any atom is 0.257 e. The molecule has 3 heterocycles.